The van der Waals surface area contributed by atoms with Crippen LogP contribution >= 0.6 is 0 Å². The summed E-state index contributed by atoms with van der Waals surface area (Å²) < 4.78 is 0. The summed E-state index contributed by atoms with van der Waals surface area (Å²) >= 11 is 0. The van der Waals surface area contributed by atoms with Crippen LogP contribution in [-0.2, 0) is 0 Å². The Labute approximate surface area is 93.9 Å². The fourth-order valence-corrected chi connectivity index (χ4v) is 2.22. The van der Waals surface area contributed by atoms with Gasteiger partial charge in [-0.2, -0.15) is 0 Å². The first-order valence-corrected chi connectivity index (χ1v) is 6.36. The van der Waals surface area contributed by atoms with E-state index in [9.17, 15) is 0 Å². The molecule has 0 amide bonds. The van der Waals surface area contributed by atoms with Crippen LogP contribution in [0.4, 0.5) is 0 Å². The second-order valence-corrected chi connectivity index (χ2v) is 4.62. The molecule has 2 unspecified atom stereocenters. The molecule has 1 saturated heterocycles. The van der Waals surface area contributed by atoms with Gasteiger partial charge in [0.15, 0.2) is 0 Å². The van der Waals surface area contributed by atoms with Gasteiger partial charge in [0.2, 0.25) is 0 Å². The number of aliphatic hydroxyl groups is 1. The highest BCUT2D eigenvalue weighted by Gasteiger charge is 2.21. The van der Waals surface area contributed by atoms with Crippen molar-refractivity contribution in [2.45, 2.75) is 51.6 Å². The predicted octanol–water partition coefficient (Wildman–Crippen LogP) is 1.22. The molecule has 1 aliphatic rings. The lowest BCUT2D eigenvalue weighted by Gasteiger charge is -2.37. The number of piperidine rings is 1. The van der Waals surface area contributed by atoms with Crippen LogP contribution in [-0.4, -0.2) is 48.3 Å². The lowest BCUT2D eigenvalue weighted by molar-refractivity contribution is 0.141. The number of aliphatic hydroxyl groups excluding tert-OH is 1. The largest absolute Gasteiger partial charge is 0.396 e. The zero-order chi connectivity index (χ0) is 11.1. The average molecular weight is 214 g/mol. The summed E-state index contributed by atoms with van der Waals surface area (Å²) in [5.41, 5.74) is 0. The Morgan fingerprint density at radius 3 is 3.00 bits per heavy atom. The second-order valence-electron chi connectivity index (χ2n) is 4.62. The Kier molecular flexibility index (Phi) is 6.22. The normalized spacial score (nSPS) is 25.4. The number of hydrogen-bond acceptors (Lipinski definition) is 3. The van der Waals surface area contributed by atoms with E-state index in [2.05, 4.69) is 24.1 Å². The molecule has 1 aliphatic heterocycles. The van der Waals surface area contributed by atoms with E-state index < -0.39 is 0 Å². The molecule has 2 N–H and O–H groups in total. The van der Waals surface area contributed by atoms with E-state index in [0.717, 1.165) is 13.0 Å². The summed E-state index contributed by atoms with van der Waals surface area (Å²) in [5, 5.41) is 12.3. The minimum absolute atomic E-state index is 0.300. The zero-order valence-electron chi connectivity index (χ0n) is 10.2. The van der Waals surface area contributed by atoms with Crippen molar-refractivity contribution in [1.29, 1.82) is 0 Å². The molecule has 1 heterocycles. The number of likely N-dealkylation sites (tertiary alicyclic amines) is 1. The van der Waals surface area contributed by atoms with E-state index in [1.165, 1.54) is 32.4 Å². The second kappa shape index (κ2) is 7.20. The smallest absolute Gasteiger partial charge is 0.0443 e. The SMILES string of the molecule is CCC(C)N1CCCC(NCCCO)C1. The molecule has 1 fully saturated rings. The van der Waals surface area contributed by atoms with Crippen molar-refractivity contribution in [3.05, 3.63) is 0 Å². The monoisotopic (exact) mass is 214 g/mol. The number of rotatable bonds is 6. The van der Waals surface area contributed by atoms with E-state index >= 15 is 0 Å². The van der Waals surface area contributed by atoms with Crippen LogP contribution < -0.4 is 5.32 Å². The molecule has 0 radical (unpaired) electrons. The minimum atomic E-state index is 0.300. The third kappa shape index (κ3) is 4.49. The molecule has 3 heteroatoms. The van der Waals surface area contributed by atoms with Crippen LogP contribution in [0.25, 0.3) is 0 Å². The summed E-state index contributed by atoms with van der Waals surface area (Å²) in [6.07, 6.45) is 4.71. The maximum atomic E-state index is 8.72. The first kappa shape index (κ1) is 12.9. The van der Waals surface area contributed by atoms with Gasteiger partial charge in [0.05, 0.1) is 0 Å². The topological polar surface area (TPSA) is 35.5 Å². The van der Waals surface area contributed by atoms with Gasteiger partial charge in [-0.15, -0.1) is 0 Å². The van der Waals surface area contributed by atoms with Gasteiger partial charge in [0, 0.05) is 25.2 Å². The maximum absolute atomic E-state index is 8.72. The quantitative estimate of drug-likeness (QED) is 0.653. The molecule has 1 rings (SSSR count). The van der Waals surface area contributed by atoms with Crippen LogP contribution in [0, 0.1) is 0 Å². The van der Waals surface area contributed by atoms with Gasteiger partial charge in [0.1, 0.15) is 0 Å². The van der Waals surface area contributed by atoms with Crippen molar-refractivity contribution in [2.24, 2.45) is 0 Å². The highest BCUT2D eigenvalue weighted by Crippen LogP contribution is 2.14. The summed E-state index contributed by atoms with van der Waals surface area (Å²) in [6.45, 7) is 8.27. The molecular weight excluding hydrogens is 188 g/mol. The Balaban J connectivity index is 2.22. The maximum Gasteiger partial charge on any atom is 0.0443 e. The molecule has 0 aromatic rings. The van der Waals surface area contributed by atoms with E-state index in [0.29, 0.717) is 18.7 Å². The van der Waals surface area contributed by atoms with Crippen LogP contribution in [0.15, 0.2) is 0 Å². The highest BCUT2D eigenvalue weighted by molar-refractivity contribution is 4.80. The van der Waals surface area contributed by atoms with Crippen LogP contribution in [0.1, 0.15) is 39.5 Å². The van der Waals surface area contributed by atoms with Crippen molar-refractivity contribution in [2.75, 3.05) is 26.2 Å². The molecule has 0 aromatic heterocycles. The van der Waals surface area contributed by atoms with Gasteiger partial charge in [0.25, 0.3) is 0 Å². The molecule has 3 nitrogen and oxygen atoms in total. The molecule has 2 atom stereocenters. The first-order valence-electron chi connectivity index (χ1n) is 6.36. The van der Waals surface area contributed by atoms with Crippen molar-refractivity contribution in [1.82, 2.24) is 10.2 Å². The Morgan fingerprint density at radius 1 is 1.53 bits per heavy atom. The van der Waals surface area contributed by atoms with E-state index in [-0.39, 0.29) is 0 Å². The van der Waals surface area contributed by atoms with Crippen molar-refractivity contribution in [3.8, 4) is 0 Å². The Morgan fingerprint density at radius 2 is 2.33 bits per heavy atom. The summed E-state index contributed by atoms with van der Waals surface area (Å²) in [6, 6.07) is 1.35. The standard InChI is InChI=1S/C12H26N2O/c1-3-11(2)14-8-4-6-12(10-14)13-7-5-9-15/h11-13,15H,3-10H2,1-2H3. The molecule has 90 valence electrons. The number of hydrogen-bond donors (Lipinski definition) is 2. The molecule has 0 bridgehead atoms. The van der Waals surface area contributed by atoms with Crippen molar-refractivity contribution >= 4 is 0 Å². The minimum Gasteiger partial charge on any atom is -0.396 e. The highest BCUT2D eigenvalue weighted by atomic mass is 16.3. The third-order valence-corrected chi connectivity index (χ3v) is 3.43. The van der Waals surface area contributed by atoms with E-state index in [4.69, 9.17) is 5.11 Å². The van der Waals surface area contributed by atoms with Gasteiger partial charge in [-0.05, 0) is 45.7 Å². The molecule has 0 saturated carbocycles. The summed E-state index contributed by atoms with van der Waals surface area (Å²) in [5.74, 6) is 0. The van der Waals surface area contributed by atoms with Gasteiger partial charge >= 0.3 is 0 Å². The van der Waals surface area contributed by atoms with Crippen LogP contribution in [0.5, 0.6) is 0 Å². The average Bonchev–Trinajstić information content (AvgIpc) is 2.29. The molecular formula is C12H26N2O. The van der Waals surface area contributed by atoms with Crippen LogP contribution in [0.3, 0.4) is 0 Å². The lowest BCUT2D eigenvalue weighted by atomic mass is 10.0. The fourth-order valence-electron chi connectivity index (χ4n) is 2.22. The molecule has 15 heavy (non-hydrogen) atoms. The van der Waals surface area contributed by atoms with Gasteiger partial charge in [-0.3, -0.25) is 4.90 Å². The lowest BCUT2D eigenvalue weighted by Crippen LogP contribution is -2.48. The molecule has 0 aromatic carbocycles. The van der Waals surface area contributed by atoms with E-state index in [1.54, 1.807) is 0 Å². The zero-order valence-corrected chi connectivity index (χ0v) is 10.2. The van der Waals surface area contributed by atoms with E-state index in [1.807, 2.05) is 0 Å². The fraction of sp³-hybridized carbons (Fsp3) is 1.00. The Bertz CT molecular complexity index is 164. The van der Waals surface area contributed by atoms with Crippen molar-refractivity contribution in [3.63, 3.8) is 0 Å². The van der Waals surface area contributed by atoms with Crippen molar-refractivity contribution < 1.29 is 5.11 Å². The Hall–Kier alpha value is -0.120. The predicted molar refractivity (Wildman–Crippen MR) is 64.1 cm³/mol. The van der Waals surface area contributed by atoms with Crippen LogP contribution in [0.2, 0.25) is 0 Å². The number of nitrogens with one attached hydrogen (secondary N) is 1. The van der Waals surface area contributed by atoms with Gasteiger partial charge < -0.3 is 10.4 Å². The molecule has 0 aliphatic carbocycles. The number of nitrogens with zero attached hydrogens (tertiary/aromatic N) is 1. The van der Waals surface area contributed by atoms with Gasteiger partial charge in [-0.1, -0.05) is 6.92 Å². The third-order valence-electron chi connectivity index (χ3n) is 3.43. The van der Waals surface area contributed by atoms with Gasteiger partial charge in [-0.25, -0.2) is 0 Å². The summed E-state index contributed by atoms with van der Waals surface area (Å²) in [7, 11) is 0. The first-order chi connectivity index (χ1) is 7.27. The summed E-state index contributed by atoms with van der Waals surface area (Å²) in [4.78, 5) is 2.58. The molecule has 0 spiro atoms.